The third-order valence-electron chi connectivity index (χ3n) is 4.58. The lowest BCUT2D eigenvalue weighted by Gasteiger charge is -2.33. The number of amides is 1. The summed E-state index contributed by atoms with van der Waals surface area (Å²) in [5.41, 5.74) is 3.50. The number of carbonyl (C=O) groups excluding carboxylic acids is 1. The lowest BCUT2D eigenvalue weighted by Crippen LogP contribution is -2.42. The van der Waals surface area contributed by atoms with Crippen LogP contribution in [0.15, 0.2) is 54.9 Å². The van der Waals surface area contributed by atoms with Crippen molar-refractivity contribution in [2.24, 2.45) is 0 Å². The summed E-state index contributed by atoms with van der Waals surface area (Å²) >= 11 is 0. The van der Waals surface area contributed by atoms with E-state index in [1.54, 1.807) is 4.68 Å². The van der Waals surface area contributed by atoms with Crippen molar-refractivity contribution in [2.75, 3.05) is 19.7 Å². The first-order valence-electron chi connectivity index (χ1n) is 8.52. The Balaban J connectivity index is 1.57. The van der Waals surface area contributed by atoms with Crippen molar-refractivity contribution in [1.29, 1.82) is 0 Å². The molecule has 0 radical (unpaired) electrons. The number of rotatable bonds is 3. The molecule has 7 heteroatoms. The van der Waals surface area contributed by atoms with Gasteiger partial charge in [-0.15, -0.1) is 5.10 Å². The summed E-state index contributed by atoms with van der Waals surface area (Å²) in [5.74, 6) is -0.0106. The number of benzene rings is 2. The molecule has 26 heavy (non-hydrogen) atoms. The second-order valence-corrected chi connectivity index (χ2v) is 6.28. The van der Waals surface area contributed by atoms with Crippen LogP contribution >= 0.6 is 0 Å². The number of aryl methyl sites for hydroxylation is 1. The van der Waals surface area contributed by atoms with Crippen molar-refractivity contribution >= 4 is 5.91 Å². The second kappa shape index (κ2) is 7.05. The van der Waals surface area contributed by atoms with Gasteiger partial charge in [-0.1, -0.05) is 36.4 Å². The van der Waals surface area contributed by atoms with Crippen LogP contribution in [0, 0.1) is 6.92 Å². The van der Waals surface area contributed by atoms with E-state index in [4.69, 9.17) is 4.74 Å². The highest BCUT2D eigenvalue weighted by Crippen LogP contribution is 2.24. The van der Waals surface area contributed by atoms with Gasteiger partial charge in [0.2, 0.25) is 0 Å². The van der Waals surface area contributed by atoms with E-state index in [0.717, 1.165) is 16.8 Å². The first-order chi connectivity index (χ1) is 12.7. The molecule has 1 amide bonds. The Morgan fingerprint density at radius 1 is 1.19 bits per heavy atom. The Kier molecular flexibility index (Phi) is 4.45. The standard InChI is InChI=1S/C19H19N5O2/c1-14-7-8-16(11-17(14)24-13-20-21-22-24)19(25)23-9-10-26-18(12-23)15-5-3-2-4-6-15/h2-8,11,13,18H,9-10,12H2,1H3/t18-/m1/s1. The van der Waals surface area contributed by atoms with Crippen LogP contribution in [0.5, 0.6) is 0 Å². The van der Waals surface area contributed by atoms with Gasteiger partial charge in [0.15, 0.2) is 0 Å². The summed E-state index contributed by atoms with van der Waals surface area (Å²) in [6.45, 7) is 3.61. The molecule has 2 heterocycles. The average molecular weight is 349 g/mol. The van der Waals surface area contributed by atoms with E-state index in [1.807, 2.05) is 60.4 Å². The molecule has 7 nitrogen and oxygen atoms in total. The zero-order chi connectivity index (χ0) is 17.9. The first kappa shape index (κ1) is 16.4. The lowest BCUT2D eigenvalue weighted by molar-refractivity contribution is -0.0228. The van der Waals surface area contributed by atoms with Crippen LogP contribution in [-0.2, 0) is 4.74 Å². The maximum Gasteiger partial charge on any atom is 0.254 e. The average Bonchev–Trinajstić information content (AvgIpc) is 3.23. The molecule has 4 rings (SSSR count). The van der Waals surface area contributed by atoms with E-state index in [9.17, 15) is 4.79 Å². The summed E-state index contributed by atoms with van der Waals surface area (Å²) in [7, 11) is 0. The zero-order valence-corrected chi connectivity index (χ0v) is 14.4. The highest BCUT2D eigenvalue weighted by molar-refractivity contribution is 5.95. The largest absolute Gasteiger partial charge is 0.370 e. The Bertz CT molecular complexity index is 896. The minimum absolute atomic E-state index is 0.0106. The summed E-state index contributed by atoms with van der Waals surface area (Å²) in [6.07, 6.45) is 1.43. The van der Waals surface area contributed by atoms with Gasteiger partial charge < -0.3 is 9.64 Å². The van der Waals surface area contributed by atoms with Gasteiger partial charge in [-0.25, -0.2) is 4.68 Å². The molecule has 2 aromatic carbocycles. The molecule has 1 aliphatic heterocycles. The minimum atomic E-state index is -0.0988. The van der Waals surface area contributed by atoms with Crippen molar-refractivity contribution in [3.05, 3.63) is 71.5 Å². The normalized spacial score (nSPS) is 17.3. The fourth-order valence-corrected chi connectivity index (χ4v) is 3.15. The number of tetrazole rings is 1. The molecular weight excluding hydrogens is 330 g/mol. The maximum atomic E-state index is 13.0. The Morgan fingerprint density at radius 3 is 2.81 bits per heavy atom. The van der Waals surface area contributed by atoms with Crippen LogP contribution in [0.2, 0.25) is 0 Å². The maximum absolute atomic E-state index is 13.0. The number of hydrogen-bond acceptors (Lipinski definition) is 5. The van der Waals surface area contributed by atoms with Crippen molar-refractivity contribution < 1.29 is 9.53 Å². The number of nitrogens with zero attached hydrogens (tertiary/aromatic N) is 5. The molecule has 0 saturated carbocycles. The number of ether oxygens (including phenoxy) is 1. The van der Waals surface area contributed by atoms with E-state index >= 15 is 0 Å². The second-order valence-electron chi connectivity index (χ2n) is 6.28. The lowest BCUT2D eigenvalue weighted by atomic mass is 10.1. The SMILES string of the molecule is Cc1ccc(C(=O)N2CCO[C@@H](c3ccccc3)C2)cc1-n1cnnn1. The van der Waals surface area contributed by atoms with Crippen LogP contribution in [0.1, 0.15) is 27.6 Å². The molecule has 1 aromatic heterocycles. The molecule has 0 unspecified atom stereocenters. The number of aromatic nitrogens is 4. The summed E-state index contributed by atoms with van der Waals surface area (Å²) in [5, 5.41) is 11.3. The van der Waals surface area contributed by atoms with E-state index in [0.29, 0.717) is 25.3 Å². The first-order valence-corrected chi connectivity index (χ1v) is 8.52. The van der Waals surface area contributed by atoms with Gasteiger partial charge in [0, 0.05) is 12.1 Å². The molecule has 0 bridgehead atoms. The quantitative estimate of drug-likeness (QED) is 0.725. The van der Waals surface area contributed by atoms with Gasteiger partial charge in [0.05, 0.1) is 18.8 Å². The predicted octanol–water partition coefficient (Wildman–Crippen LogP) is 2.18. The van der Waals surface area contributed by atoms with Gasteiger partial charge in [0.25, 0.3) is 5.91 Å². The predicted molar refractivity (Wildman–Crippen MR) is 94.9 cm³/mol. The van der Waals surface area contributed by atoms with Gasteiger partial charge in [-0.3, -0.25) is 4.79 Å². The fourth-order valence-electron chi connectivity index (χ4n) is 3.15. The van der Waals surface area contributed by atoms with Gasteiger partial charge in [0.1, 0.15) is 12.4 Å². The smallest absolute Gasteiger partial charge is 0.254 e. The minimum Gasteiger partial charge on any atom is -0.370 e. The van der Waals surface area contributed by atoms with Crippen LogP contribution in [-0.4, -0.2) is 50.7 Å². The van der Waals surface area contributed by atoms with E-state index in [1.165, 1.54) is 6.33 Å². The Labute approximate surface area is 151 Å². The molecule has 0 N–H and O–H groups in total. The molecule has 3 aromatic rings. The highest BCUT2D eigenvalue weighted by Gasteiger charge is 2.26. The summed E-state index contributed by atoms with van der Waals surface area (Å²) < 4.78 is 7.43. The zero-order valence-electron chi connectivity index (χ0n) is 14.4. The van der Waals surface area contributed by atoms with E-state index in [2.05, 4.69) is 15.5 Å². The Morgan fingerprint density at radius 2 is 2.04 bits per heavy atom. The molecular formula is C19H19N5O2. The van der Waals surface area contributed by atoms with Gasteiger partial charge in [-0.2, -0.15) is 0 Å². The van der Waals surface area contributed by atoms with Crippen molar-refractivity contribution in [2.45, 2.75) is 13.0 Å². The topological polar surface area (TPSA) is 73.1 Å². The van der Waals surface area contributed by atoms with Gasteiger partial charge >= 0.3 is 0 Å². The monoisotopic (exact) mass is 349 g/mol. The number of hydrogen-bond donors (Lipinski definition) is 0. The van der Waals surface area contributed by atoms with Crippen molar-refractivity contribution in [3.8, 4) is 5.69 Å². The molecule has 1 fully saturated rings. The Hall–Kier alpha value is -3.06. The number of carbonyl (C=O) groups is 1. The summed E-state index contributed by atoms with van der Waals surface area (Å²) in [4.78, 5) is 14.9. The van der Waals surface area contributed by atoms with Crippen LogP contribution in [0.3, 0.4) is 0 Å². The number of morpholine rings is 1. The van der Waals surface area contributed by atoms with E-state index < -0.39 is 0 Å². The van der Waals surface area contributed by atoms with Crippen LogP contribution < -0.4 is 0 Å². The van der Waals surface area contributed by atoms with E-state index in [-0.39, 0.29) is 12.0 Å². The van der Waals surface area contributed by atoms with Crippen molar-refractivity contribution in [1.82, 2.24) is 25.1 Å². The molecule has 1 aliphatic rings. The summed E-state index contributed by atoms with van der Waals surface area (Å²) in [6, 6.07) is 15.6. The van der Waals surface area contributed by atoms with Crippen molar-refractivity contribution in [3.63, 3.8) is 0 Å². The fraction of sp³-hybridized carbons (Fsp3) is 0.263. The molecule has 132 valence electrons. The third-order valence-corrected chi connectivity index (χ3v) is 4.58. The van der Waals surface area contributed by atoms with Gasteiger partial charge in [-0.05, 0) is 40.6 Å². The molecule has 0 aliphatic carbocycles. The van der Waals surface area contributed by atoms with Crippen LogP contribution in [0.4, 0.5) is 0 Å². The van der Waals surface area contributed by atoms with Crippen LogP contribution in [0.25, 0.3) is 5.69 Å². The molecule has 0 spiro atoms. The molecule has 1 saturated heterocycles. The highest BCUT2D eigenvalue weighted by atomic mass is 16.5. The molecule has 1 atom stereocenters. The third kappa shape index (κ3) is 3.21.